The summed E-state index contributed by atoms with van der Waals surface area (Å²) in [7, 11) is 3.20. The summed E-state index contributed by atoms with van der Waals surface area (Å²) in [6.07, 6.45) is 1.14. The van der Waals surface area contributed by atoms with Crippen LogP contribution in [0.25, 0.3) is 0 Å². The minimum absolute atomic E-state index is 0.00213. The molecule has 0 fully saturated rings. The van der Waals surface area contributed by atoms with Crippen molar-refractivity contribution in [3.8, 4) is 0 Å². The maximum atomic E-state index is 12.1. The van der Waals surface area contributed by atoms with Crippen molar-refractivity contribution in [3.63, 3.8) is 0 Å². The van der Waals surface area contributed by atoms with E-state index in [2.05, 4.69) is 0 Å². The van der Waals surface area contributed by atoms with E-state index in [-0.39, 0.29) is 18.0 Å². The number of methoxy groups -OCH3 is 2. The van der Waals surface area contributed by atoms with E-state index in [4.69, 9.17) is 9.47 Å². The van der Waals surface area contributed by atoms with Gasteiger partial charge in [0.1, 0.15) is 0 Å². The van der Waals surface area contributed by atoms with Crippen LogP contribution in [0.1, 0.15) is 22.3 Å². The Morgan fingerprint density at radius 1 is 1.31 bits per heavy atom. The van der Waals surface area contributed by atoms with Gasteiger partial charge in [-0.05, 0) is 12.0 Å². The van der Waals surface area contributed by atoms with Crippen LogP contribution >= 0.6 is 0 Å². The molecule has 0 saturated heterocycles. The third-order valence-electron chi connectivity index (χ3n) is 3.12. The second kappa shape index (κ2) is 4.76. The zero-order valence-corrected chi connectivity index (χ0v) is 9.60. The zero-order chi connectivity index (χ0) is 11.5. The number of benzene rings is 1. The van der Waals surface area contributed by atoms with E-state index in [1.54, 1.807) is 14.2 Å². The maximum absolute atomic E-state index is 12.1. The molecule has 1 atom stereocenters. The smallest absolute Gasteiger partial charge is 0.166 e. The lowest BCUT2D eigenvalue weighted by Crippen LogP contribution is -2.21. The number of ketones is 1. The Kier molecular flexibility index (Phi) is 3.36. The Labute approximate surface area is 95.4 Å². The number of hydrogen-bond acceptors (Lipinski definition) is 3. The van der Waals surface area contributed by atoms with E-state index >= 15 is 0 Å². The van der Waals surface area contributed by atoms with E-state index in [9.17, 15) is 4.79 Å². The lowest BCUT2D eigenvalue weighted by molar-refractivity contribution is -0.111. The molecular weight excluding hydrogens is 204 g/mol. The number of carbonyl (C=O) groups is 1. The van der Waals surface area contributed by atoms with E-state index < -0.39 is 0 Å². The number of carbonyl (C=O) groups excluding carboxylic acids is 1. The zero-order valence-electron chi connectivity index (χ0n) is 9.60. The summed E-state index contributed by atoms with van der Waals surface area (Å²) >= 11 is 0. The van der Waals surface area contributed by atoms with Gasteiger partial charge in [0.15, 0.2) is 12.1 Å². The molecule has 0 aliphatic heterocycles. The van der Waals surface area contributed by atoms with Crippen molar-refractivity contribution in [1.29, 1.82) is 0 Å². The van der Waals surface area contributed by atoms with Crippen LogP contribution in [0.2, 0.25) is 0 Å². The van der Waals surface area contributed by atoms with Crippen molar-refractivity contribution in [1.82, 2.24) is 0 Å². The first-order valence-corrected chi connectivity index (χ1v) is 5.44. The van der Waals surface area contributed by atoms with Crippen molar-refractivity contribution < 1.29 is 14.3 Å². The molecule has 3 heteroatoms. The van der Waals surface area contributed by atoms with Crippen LogP contribution in [0.5, 0.6) is 0 Å². The van der Waals surface area contributed by atoms with Gasteiger partial charge >= 0.3 is 0 Å². The molecule has 1 aliphatic carbocycles. The number of Topliss-reactive ketones (excluding diaryl/α,β-unsaturated/α-hetero) is 1. The van der Waals surface area contributed by atoms with Crippen molar-refractivity contribution in [2.24, 2.45) is 5.92 Å². The fourth-order valence-corrected chi connectivity index (χ4v) is 2.23. The number of hydrogen-bond donors (Lipinski definition) is 0. The summed E-state index contributed by atoms with van der Waals surface area (Å²) in [4.78, 5) is 12.1. The van der Waals surface area contributed by atoms with Gasteiger partial charge in [0, 0.05) is 32.1 Å². The van der Waals surface area contributed by atoms with Gasteiger partial charge in [-0.25, -0.2) is 0 Å². The summed E-state index contributed by atoms with van der Waals surface area (Å²) in [5, 5.41) is 0. The summed E-state index contributed by atoms with van der Waals surface area (Å²) < 4.78 is 10.3. The molecule has 1 unspecified atom stereocenters. The monoisotopic (exact) mass is 220 g/mol. The molecule has 2 rings (SSSR count). The Hall–Kier alpha value is -1.19. The highest BCUT2D eigenvalue weighted by molar-refractivity contribution is 6.02. The van der Waals surface area contributed by atoms with Crippen LogP contribution < -0.4 is 0 Å². The Balaban J connectivity index is 2.10. The van der Waals surface area contributed by atoms with Crippen LogP contribution in [0.15, 0.2) is 24.3 Å². The molecule has 0 N–H and O–H groups in total. The van der Waals surface area contributed by atoms with E-state index in [0.29, 0.717) is 6.42 Å². The fraction of sp³-hybridized carbons (Fsp3) is 0.462. The molecule has 16 heavy (non-hydrogen) atoms. The quantitative estimate of drug-likeness (QED) is 0.728. The highest BCUT2D eigenvalue weighted by atomic mass is 16.7. The van der Waals surface area contributed by atoms with Crippen LogP contribution in [0.3, 0.4) is 0 Å². The van der Waals surface area contributed by atoms with Gasteiger partial charge < -0.3 is 9.47 Å². The van der Waals surface area contributed by atoms with Gasteiger partial charge in [-0.15, -0.1) is 0 Å². The normalized spacial score (nSPS) is 19.2. The minimum Gasteiger partial charge on any atom is -0.356 e. The van der Waals surface area contributed by atoms with E-state index in [1.165, 1.54) is 0 Å². The highest BCUT2D eigenvalue weighted by Gasteiger charge is 2.31. The molecule has 0 radical (unpaired) electrons. The predicted molar refractivity (Wildman–Crippen MR) is 60.4 cm³/mol. The number of ether oxygens (including phenoxy) is 2. The van der Waals surface area contributed by atoms with Gasteiger partial charge in [0.05, 0.1) is 0 Å². The summed E-state index contributed by atoms with van der Waals surface area (Å²) in [6.45, 7) is 0. The van der Waals surface area contributed by atoms with Crippen LogP contribution in [-0.2, 0) is 15.9 Å². The Bertz CT molecular complexity index is 383. The van der Waals surface area contributed by atoms with Gasteiger partial charge in [0.25, 0.3) is 0 Å². The average molecular weight is 220 g/mol. The van der Waals surface area contributed by atoms with Gasteiger partial charge in [-0.1, -0.05) is 24.3 Å². The van der Waals surface area contributed by atoms with Gasteiger partial charge in [0.2, 0.25) is 0 Å². The van der Waals surface area contributed by atoms with Crippen molar-refractivity contribution in [3.05, 3.63) is 35.4 Å². The summed E-state index contributed by atoms with van der Waals surface area (Å²) in [5.41, 5.74) is 2.00. The Morgan fingerprint density at radius 2 is 2.00 bits per heavy atom. The molecule has 3 nitrogen and oxygen atoms in total. The first-order chi connectivity index (χ1) is 7.76. The topological polar surface area (TPSA) is 35.5 Å². The standard InChI is InChI=1S/C13H16O3/c1-15-12(16-2)8-10-7-9-5-3-4-6-11(9)13(10)14/h3-6,10,12H,7-8H2,1-2H3. The van der Waals surface area contributed by atoms with Crippen LogP contribution in [0.4, 0.5) is 0 Å². The number of fused-ring (bicyclic) bond motifs is 1. The lowest BCUT2D eigenvalue weighted by atomic mass is 10.0. The largest absolute Gasteiger partial charge is 0.356 e. The van der Waals surface area contributed by atoms with E-state index in [0.717, 1.165) is 17.5 Å². The highest BCUT2D eigenvalue weighted by Crippen LogP contribution is 2.29. The number of rotatable bonds is 4. The molecule has 0 heterocycles. The third kappa shape index (κ3) is 2.01. The van der Waals surface area contributed by atoms with Crippen molar-refractivity contribution in [2.75, 3.05) is 14.2 Å². The van der Waals surface area contributed by atoms with Crippen molar-refractivity contribution in [2.45, 2.75) is 19.1 Å². The van der Waals surface area contributed by atoms with Crippen molar-refractivity contribution >= 4 is 5.78 Å². The molecule has 1 aliphatic rings. The lowest BCUT2D eigenvalue weighted by Gasteiger charge is -2.16. The molecule has 86 valence electrons. The fourth-order valence-electron chi connectivity index (χ4n) is 2.23. The Morgan fingerprint density at radius 3 is 2.62 bits per heavy atom. The second-order valence-corrected chi connectivity index (χ2v) is 4.06. The summed E-state index contributed by atoms with van der Waals surface area (Å²) in [6, 6.07) is 7.79. The van der Waals surface area contributed by atoms with Gasteiger partial charge in [-0.2, -0.15) is 0 Å². The molecule has 1 aromatic rings. The SMILES string of the molecule is COC(CC1Cc2ccccc2C1=O)OC. The first kappa shape index (κ1) is 11.3. The van der Waals surface area contributed by atoms with Gasteiger partial charge in [-0.3, -0.25) is 4.79 Å². The molecule has 0 amide bonds. The van der Waals surface area contributed by atoms with Crippen LogP contribution in [-0.4, -0.2) is 26.3 Å². The van der Waals surface area contributed by atoms with E-state index in [1.807, 2.05) is 24.3 Å². The first-order valence-electron chi connectivity index (χ1n) is 5.44. The molecule has 0 aromatic heterocycles. The molecular formula is C13H16O3. The third-order valence-corrected chi connectivity index (χ3v) is 3.12. The molecule has 0 spiro atoms. The predicted octanol–water partition coefficient (Wildman–Crippen LogP) is 2.05. The molecule has 1 aromatic carbocycles. The van der Waals surface area contributed by atoms with Crippen LogP contribution in [0, 0.1) is 5.92 Å². The molecule has 0 saturated carbocycles. The molecule has 0 bridgehead atoms. The average Bonchev–Trinajstić information content (AvgIpc) is 2.64. The summed E-state index contributed by atoms with van der Waals surface area (Å²) in [5.74, 6) is 0.219. The minimum atomic E-state index is -0.289. The maximum Gasteiger partial charge on any atom is 0.166 e. The second-order valence-electron chi connectivity index (χ2n) is 4.06.